The van der Waals surface area contributed by atoms with Gasteiger partial charge in [-0.25, -0.2) is 4.79 Å². The van der Waals surface area contributed by atoms with Crippen LogP contribution >= 0.6 is 0 Å². The summed E-state index contributed by atoms with van der Waals surface area (Å²) in [5.41, 5.74) is 0. The van der Waals surface area contributed by atoms with Gasteiger partial charge in [0.05, 0.1) is 19.3 Å². The molecule has 2 N–H and O–H groups in total. The van der Waals surface area contributed by atoms with Gasteiger partial charge >= 0.3 is 5.97 Å². The Morgan fingerprint density at radius 1 is 1.40 bits per heavy atom. The molecule has 1 aromatic heterocycles. The minimum absolute atomic E-state index is 0.0147. The van der Waals surface area contributed by atoms with Gasteiger partial charge in [0, 0.05) is 25.7 Å². The summed E-state index contributed by atoms with van der Waals surface area (Å²) in [5, 5.41) is 12.3. The smallest absolute Gasteiger partial charge is 0.371 e. The number of aromatic carboxylic acids is 1. The number of furan rings is 1. The molecule has 1 aliphatic rings. The second kappa shape index (κ2) is 6.88. The normalized spacial score (nSPS) is 19.7. The van der Waals surface area contributed by atoms with E-state index in [1.54, 1.807) is 6.07 Å². The number of morpholine rings is 1. The fraction of sp³-hybridized carbons (Fsp3) is 0.643. The predicted octanol–water partition coefficient (Wildman–Crippen LogP) is 1.35. The zero-order chi connectivity index (χ0) is 14.5. The minimum Gasteiger partial charge on any atom is -0.475 e. The summed E-state index contributed by atoms with van der Waals surface area (Å²) in [7, 11) is 0. The van der Waals surface area contributed by atoms with Crippen LogP contribution in [0.5, 0.6) is 0 Å². The molecule has 0 saturated carbocycles. The van der Waals surface area contributed by atoms with E-state index >= 15 is 0 Å². The Hall–Kier alpha value is -1.37. The molecule has 0 aliphatic carbocycles. The molecule has 0 radical (unpaired) electrons. The molecule has 1 aliphatic heterocycles. The van der Waals surface area contributed by atoms with Crippen molar-refractivity contribution in [2.45, 2.75) is 25.9 Å². The van der Waals surface area contributed by atoms with Gasteiger partial charge in [0.1, 0.15) is 5.76 Å². The van der Waals surface area contributed by atoms with E-state index < -0.39 is 5.97 Å². The van der Waals surface area contributed by atoms with Crippen LogP contribution in [-0.2, 0) is 4.74 Å². The second-order valence-corrected chi connectivity index (χ2v) is 5.21. The van der Waals surface area contributed by atoms with Crippen LogP contribution in [0.15, 0.2) is 16.5 Å². The first-order valence-electron chi connectivity index (χ1n) is 6.95. The van der Waals surface area contributed by atoms with Crippen LogP contribution in [0.3, 0.4) is 0 Å². The lowest BCUT2D eigenvalue weighted by Crippen LogP contribution is -2.44. The lowest BCUT2D eigenvalue weighted by Gasteiger charge is -2.30. The summed E-state index contributed by atoms with van der Waals surface area (Å²) in [4.78, 5) is 13.1. The van der Waals surface area contributed by atoms with E-state index in [0.717, 1.165) is 32.8 Å². The maximum absolute atomic E-state index is 10.8. The van der Waals surface area contributed by atoms with E-state index in [1.807, 2.05) is 6.92 Å². The van der Waals surface area contributed by atoms with Gasteiger partial charge in [-0.2, -0.15) is 0 Å². The van der Waals surface area contributed by atoms with Gasteiger partial charge in [0.15, 0.2) is 0 Å². The topological polar surface area (TPSA) is 74.9 Å². The lowest BCUT2D eigenvalue weighted by atomic mass is 10.2. The highest BCUT2D eigenvalue weighted by atomic mass is 16.5. The van der Waals surface area contributed by atoms with Crippen molar-refractivity contribution in [1.29, 1.82) is 0 Å². The molecular weight excluding hydrogens is 260 g/mol. The monoisotopic (exact) mass is 282 g/mol. The lowest BCUT2D eigenvalue weighted by molar-refractivity contribution is 0.0338. The first-order chi connectivity index (χ1) is 9.56. The number of ether oxygens (including phenoxy) is 1. The molecule has 2 rings (SSSR count). The largest absolute Gasteiger partial charge is 0.475 e. The summed E-state index contributed by atoms with van der Waals surface area (Å²) in [6.07, 6.45) is 0. The first kappa shape index (κ1) is 15.0. The number of carboxylic acids is 1. The molecule has 1 aromatic rings. The van der Waals surface area contributed by atoms with Crippen molar-refractivity contribution in [3.8, 4) is 0 Å². The van der Waals surface area contributed by atoms with Gasteiger partial charge in [0.25, 0.3) is 0 Å². The Bertz CT molecular complexity index is 440. The highest BCUT2D eigenvalue weighted by Crippen LogP contribution is 2.17. The fourth-order valence-electron chi connectivity index (χ4n) is 2.43. The van der Waals surface area contributed by atoms with Crippen molar-refractivity contribution in [2.75, 3.05) is 32.8 Å². The second-order valence-electron chi connectivity index (χ2n) is 5.21. The van der Waals surface area contributed by atoms with Crippen LogP contribution in [0.2, 0.25) is 0 Å². The SMILES string of the molecule is CC(CN1CCOCC1)NC(C)c1ccc(C(=O)O)o1. The zero-order valence-electron chi connectivity index (χ0n) is 12.0. The molecule has 2 atom stereocenters. The average molecular weight is 282 g/mol. The van der Waals surface area contributed by atoms with Gasteiger partial charge in [-0.15, -0.1) is 0 Å². The summed E-state index contributed by atoms with van der Waals surface area (Å²) in [6, 6.07) is 3.48. The van der Waals surface area contributed by atoms with E-state index in [-0.39, 0.29) is 11.8 Å². The third kappa shape index (κ3) is 4.06. The standard InChI is InChI=1S/C14H22N2O4/c1-10(9-16-5-7-19-8-6-16)15-11(2)12-3-4-13(20-12)14(17)18/h3-4,10-11,15H,5-9H2,1-2H3,(H,17,18). The number of rotatable bonds is 6. The number of hydrogen-bond donors (Lipinski definition) is 2. The number of nitrogens with one attached hydrogen (secondary N) is 1. The van der Waals surface area contributed by atoms with Crippen molar-refractivity contribution in [3.63, 3.8) is 0 Å². The maximum Gasteiger partial charge on any atom is 0.371 e. The van der Waals surface area contributed by atoms with Crippen LogP contribution in [0.4, 0.5) is 0 Å². The fourth-order valence-corrected chi connectivity index (χ4v) is 2.43. The van der Waals surface area contributed by atoms with Gasteiger partial charge < -0.3 is 19.6 Å². The van der Waals surface area contributed by atoms with Crippen LogP contribution < -0.4 is 5.32 Å². The summed E-state index contributed by atoms with van der Waals surface area (Å²) in [6.45, 7) is 8.55. The molecule has 112 valence electrons. The molecule has 2 heterocycles. The Morgan fingerprint density at radius 2 is 2.10 bits per heavy atom. The van der Waals surface area contributed by atoms with Crippen LogP contribution in [0, 0.1) is 0 Å². The molecular formula is C14H22N2O4. The van der Waals surface area contributed by atoms with Crippen LogP contribution in [0.1, 0.15) is 36.2 Å². The molecule has 0 amide bonds. The van der Waals surface area contributed by atoms with Gasteiger partial charge in [0.2, 0.25) is 5.76 Å². The third-order valence-corrected chi connectivity index (χ3v) is 3.43. The highest BCUT2D eigenvalue weighted by Gasteiger charge is 2.18. The molecule has 20 heavy (non-hydrogen) atoms. The Kier molecular flexibility index (Phi) is 5.17. The highest BCUT2D eigenvalue weighted by molar-refractivity contribution is 5.84. The van der Waals surface area contributed by atoms with E-state index in [2.05, 4.69) is 17.1 Å². The van der Waals surface area contributed by atoms with Crippen LogP contribution in [-0.4, -0.2) is 54.9 Å². The van der Waals surface area contributed by atoms with Gasteiger partial charge in [-0.3, -0.25) is 4.90 Å². The zero-order valence-corrected chi connectivity index (χ0v) is 12.0. The van der Waals surface area contributed by atoms with Crippen LogP contribution in [0.25, 0.3) is 0 Å². The molecule has 0 bridgehead atoms. The summed E-state index contributed by atoms with van der Waals surface area (Å²) in [5.74, 6) is -0.407. The van der Waals surface area contributed by atoms with Crippen molar-refractivity contribution < 1.29 is 19.1 Å². The Labute approximate surface area is 118 Å². The third-order valence-electron chi connectivity index (χ3n) is 3.43. The molecule has 2 unspecified atom stereocenters. The Balaban J connectivity index is 1.82. The van der Waals surface area contributed by atoms with Crippen molar-refractivity contribution in [1.82, 2.24) is 10.2 Å². The molecule has 0 spiro atoms. The molecule has 0 aromatic carbocycles. The van der Waals surface area contributed by atoms with Crippen molar-refractivity contribution >= 4 is 5.97 Å². The van der Waals surface area contributed by atoms with E-state index in [0.29, 0.717) is 11.8 Å². The van der Waals surface area contributed by atoms with Crippen molar-refractivity contribution in [3.05, 3.63) is 23.7 Å². The molecule has 1 saturated heterocycles. The van der Waals surface area contributed by atoms with E-state index in [9.17, 15) is 4.79 Å². The molecule has 6 nitrogen and oxygen atoms in total. The Morgan fingerprint density at radius 3 is 2.70 bits per heavy atom. The van der Waals surface area contributed by atoms with E-state index in [1.165, 1.54) is 6.07 Å². The number of hydrogen-bond acceptors (Lipinski definition) is 5. The van der Waals surface area contributed by atoms with E-state index in [4.69, 9.17) is 14.3 Å². The average Bonchev–Trinajstić information content (AvgIpc) is 2.89. The summed E-state index contributed by atoms with van der Waals surface area (Å²) >= 11 is 0. The maximum atomic E-state index is 10.8. The first-order valence-corrected chi connectivity index (χ1v) is 6.95. The predicted molar refractivity (Wildman–Crippen MR) is 73.9 cm³/mol. The summed E-state index contributed by atoms with van der Waals surface area (Å²) < 4.78 is 10.6. The molecule has 6 heteroatoms. The number of nitrogens with zero attached hydrogens (tertiary/aromatic N) is 1. The number of carboxylic acid groups (broad SMARTS) is 1. The van der Waals surface area contributed by atoms with Gasteiger partial charge in [-0.1, -0.05) is 0 Å². The van der Waals surface area contributed by atoms with Gasteiger partial charge in [-0.05, 0) is 26.0 Å². The molecule has 1 fully saturated rings. The number of carbonyl (C=O) groups is 1. The quantitative estimate of drug-likeness (QED) is 0.820. The minimum atomic E-state index is -1.04. The van der Waals surface area contributed by atoms with Crippen molar-refractivity contribution in [2.24, 2.45) is 0 Å².